The molecule has 8 heteroatoms. The van der Waals surface area contributed by atoms with E-state index in [9.17, 15) is 9.59 Å². The van der Waals surface area contributed by atoms with Gasteiger partial charge in [0.05, 0.1) is 17.9 Å². The van der Waals surface area contributed by atoms with E-state index in [1.807, 2.05) is 36.4 Å². The zero-order chi connectivity index (χ0) is 22.1. The van der Waals surface area contributed by atoms with E-state index in [1.165, 1.54) is 18.2 Å². The van der Waals surface area contributed by atoms with Gasteiger partial charge in [0.2, 0.25) is 0 Å². The number of amides is 2. The summed E-state index contributed by atoms with van der Waals surface area (Å²) in [6, 6.07) is 18.2. The summed E-state index contributed by atoms with van der Waals surface area (Å²) in [6.07, 6.45) is 1.35. The van der Waals surface area contributed by atoms with Crippen LogP contribution < -0.4 is 10.2 Å². The SMILES string of the molecule is COCCN1C(=O)c2ccccc2Sc2cc(NC(=O)c3ccc4ncoc4c3)ccc21. The molecule has 32 heavy (non-hydrogen) atoms. The van der Waals surface area contributed by atoms with Crippen LogP contribution in [-0.2, 0) is 4.74 Å². The summed E-state index contributed by atoms with van der Waals surface area (Å²) in [7, 11) is 1.61. The summed E-state index contributed by atoms with van der Waals surface area (Å²) in [5, 5.41) is 2.94. The first-order valence-electron chi connectivity index (χ1n) is 10.0. The van der Waals surface area contributed by atoms with Gasteiger partial charge in [0, 0.05) is 34.7 Å². The average Bonchev–Trinajstić information content (AvgIpc) is 3.24. The van der Waals surface area contributed by atoms with Gasteiger partial charge < -0.3 is 19.4 Å². The molecule has 0 saturated carbocycles. The van der Waals surface area contributed by atoms with Crippen molar-refractivity contribution in [2.75, 3.05) is 30.5 Å². The quantitative estimate of drug-likeness (QED) is 0.473. The number of carbonyl (C=O) groups is 2. The Bertz CT molecular complexity index is 1330. The van der Waals surface area contributed by atoms with Crippen molar-refractivity contribution in [3.05, 3.63) is 78.2 Å². The maximum absolute atomic E-state index is 13.2. The molecule has 2 amide bonds. The summed E-state index contributed by atoms with van der Waals surface area (Å²) < 4.78 is 10.5. The van der Waals surface area contributed by atoms with E-state index in [1.54, 1.807) is 36.3 Å². The molecule has 0 atom stereocenters. The molecule has 0 bridgehead atoms. The van der Waals surface area contributed by atoms with Crippen molar-refractivity contribution in [2.24, 2.45) is 0 Å². The smallest absolute Gasteiger partial charge is 0.259 e. The molecule has 0 saturated heterocycles. The molecular formula is C24H19N3O4S. The van der Waals surface area contributed by atoms with Crippen LogP contribution in [0.1, 0.15) is 20.7 Å². The van der Waals surface area contributed by atoms with Crippen molar-refractivity contribution in [1.29, 1.82) is 0 Å². The Morgan fingerprint density at radius 1 is 1.12 bits per heavy atom. The molecule has 5 rings (SSSR count). The third-order valence-electron chi connectivity index (χ3n) is 5.20. The van der Waals surface area contributed by atoms with E-state index in [-0.39, 0.29) is 11.8 Å². The molecule has 4 aromatic rings. The number of fused-ring (bicyclic) bond motifs is 3. The molecule has 0 spiro atoms. The molecule has 1 aliphatic heterocycles. The minimum atomic E-state index is -0.255. The first-order valence-corrected chi connectivity index (χ1v) is 10.8. The Balaban J connectivity index is 1.47. The number of benzene rings is 3. The standard InChI is InChI=1S/C24H19N3O4S/c1-30-11-10-27-19-9-7-16(13-22(19)32-21-5-3-2-4-17(21)24(27)29)26-23(28)15-6-8-18-20(12-15)31-14-25-18/h2-9,12-14H,10-11H2,1H3,(H,26,28). The number of methoxy groups -OCH3 is 1. The van der Waals surface area contributed by atoms with Gasteiger partial charge in [-0.3, -0.25) is 9.59 Å². The van der Waals surface area contributed by atoms with Gasteiger partial charge >= 0.3 is 0 Å². The minimum Gasteiger partial charge on any atom is -0.443 e. The molecule has 0 fully saturated rings. The predicted octanol–water partition coefficient (Wildman–Crippen LogP) is 4.84. The van der Waals surface area contributed by atoms with Crippen LogP contribution in [0.25, 0.3) is 11.1 Å². The van der Waals surface area contributed by atoms with Gasteiger partial charge in [0.15, 0.2) is 12.0 Å². The normalized spacial score (nSPS) is 12.9. The topological polar surface area (TPSA) is 84.7 Å². The molecular weight excluding hydrogens is 426 g/mol. The Hall–Kier alpha value is -3.62. The maximum Gasteiger partial charge on any atom is 0.259 e. The van der Waals surface area contributed by atoms with Crippen LogP contribution in [0, 0.1) is 0 Å². The predicted molar refractivity (Wildman–Crippen MR) is 123 cm³/mol. The van der Waals surface area contributed by atoms with E-state index < -0.39 is 0 Å². The van der Waals surface area contributed by atoms with Gasteiger partial charge in [0.1, 0.15) is 5.52 Å². The van der Waals surface area contributed by atoms with Crippen molar-refractivity contribution < 1.29 is 18.7 Å². The highest BCUT2D eigenvalue weighted by atomic mass is 32.2. The summed E-state index contributed by atoms with van der Waals surface area (Å²) >= 11 is 1.51. The van der Waals surface area contributed by atoms with E-state index >= 15 is 0 Å². The second kappa shape index (κ2) is 8.49. The number of anilines is 2. The zero-order valence-corrected chi connectivity index (χ0v) is 18.0. The lowest BCUT2D eigenvalue weighted by Gasteiger charge is -2.23. The Kier molecular flexibility index (Phi) is 5.38. The molecule has 7 nitrogen and oxygen atoms in total. The fraction of sp³-hybridized carbons (Fsp3) is 0.125. The van der Waals surface area contributed by atoms with Crippen LogP contribution in [-0.4, -0.2) is 37.1 Å². The fourth-order valence-electron chi connectivity index (χ4n) is 3.61. The van der Waals surface area contributed by atoms with Gasteiger partial charge in [-0.1, -0.05) is 23.9 Å². The molecule has 3 aromatic carbocycles. The number of nitrogens with zero attached hydrogens (tertiary/aromatic N) is 2. The first kappa shape index (κ1) is 20.3. The zero-order valence-electron chi connectivity index (χ0n) is 17.2. The lowest BCUT2D eigenvalue weighted by atomic mass is 10.1. The number of aromatic nitrogens is 1. The molecule has 1 aromatic heterocycles. The summed E-state index contributed by atoms with van der Waals surface area (Å²) in [4.78, 5) is 33.6. The number of carbonyl (C=O) groups excluding carboxylic acids is 2. The molecule has 2 heterocycles. The van der Waals surface area contributed by atoms with E-state index in [2.05, 4.69) is 10.3 Å². The monoisotopic (exact) mass is 445 g/mol. The van der Waals surface area contributed by atoms with Crippen molar-refractivity contribution >= 4 is 46.1 Å². The highest BCUT2D eigenvalue weighted by molar-refractivity contribution is 7.99. The van der Waals surface area contributed by atoms with Crippen LogP contribution in [0.3, 0.4) is 0 Å². The number of nitrogens with one attached hydrogen (secondary N) is 1. The van der Waals surface area contributed by atoms with Crippen LogP contribution >= 0.6 is 11.8 Å². The number of rotatable bonds is 5. The fourth-order valence-corrected chi connectivity index (χ4v) is 4.72. The second-order valence-electron chi connectivity index (χ2n) is 7.22. The summed E-state index contributed by atoms with van der Waals surface area (Å²) in [6.45, 7) is 0.848. The van der Waals surface area contributed by atoms with Crippen LogP contribution in [0.2, 0.25) is 0 Å². The summed E-state index contributed by atoms with van der Waals surface area (Å²) in [5.41, 5.74) is 3.79. The van der Waals surface area contributed by atoms with Crippen LogP contribution in [0.15, 0.2) is 81.3 Å². The van der Waals surface area contributed by atoms with Gasteiger partial charge in [-0.05, 0) is 48.5 Å². The van der Waals surface area contributed by atoms with E-state index in [4.69, 9.17) is 9.15 Å². The number of ether oxygens (including phenoxy) is 1. The van der Waals surface area contributed by atoms with Crippen molar-refractivity contribution in [3.8, 4) is 0 Å². The van der Waals surface area contributed by atoms with E-state index in [0.29, 0.717) is 41.1 Å². The largest absolute Gasteiger partial charge is 0.443 e. The second-order valence-corrected chi connectivity index (χ2v) is 8.30. The molecule has 160 valence electrons. The number of hydrogen-bond donors (Lipinski definition) is 1. The third kappa shape index (κ3) is 3.74. The Morgan fingerprint density at radius 3 is 2.88 bits per heavy atom. The number of hydrogen-bond acceptors (Lipinski definition) is 6. The molecule has 1 N–H and O–H groups in total. The van der Waals surface area contributed by atoms with Gasteiger partial charge in [-0.2, -0.15) is 0 Å². The molecule has 1 aliphatic rings. The third-order valence-corrected chi connectivity index (χ3v) is 6.33. The highest BCUT2D eigenvalue weighted by Gasteiger charge is 2.27. The lowest BCUT2D eigenvalue weighted by Crippen LogP contribution is -2.33. The first-order chi connectivity index (χ1) is 15.6. The lowest BCUT2D eigenvalue weighted by molar-refractivity contribution is 0.0972. The minimum absolute atomic E-state index is 0.0685. The van der Waals surface area contributed by atoms with Gasteiger partial charge in [-0.15, -0.1) is 0 Å². The number of oxazole rings is 1. The van der Waals surface area contributed by atoms with Crippen LogP contribution in [0.5, 0.6) is 0 Å². The maximum atomic E-state index is 13.2. The van der Waals surface area contributed by atoms with Crippen LogP contribution in [0.4, 0.5) is 11.4 Å². The average molecular weight is 446 g/mol. The van der Waals surface area contributed by atoms with E-state index in [0.717, 1.165) is 15.5 Å². The van der Waals surface area contributed by atoms with Gasteiger partial charge in [-0.25, -0.2) is 4.98 Å². The summed E-state index contributed by atoms with van der Waals surface area (Å²) in [5.74, 6) is -0.323. The van der Waals surface area contributed by atoms with Crippen molar-refractivity contribution in [2.45, 2.75) is 9.79 Å². The Labute approximate surface area is 188 Å². The van der Waals surface area contributed by atoms with Crippen molar-refractivity contribution in [3.63, 3.8) is 0 Å². The molecule has 0 radical (unpaired) electrons. The van der Waals surface area contributed by atoms with Crippen molar-refractivity contribution in [1.82, 2.24) is 4.98 Å². The molecule has 0 aliphatic carbocycles. The molecule has 0 unspecified atom stereocenters. The Morgan fingerprint density at radius 2 is 2.00 bits per heavy atom. The van der Waals surface area contributed by atoms with Gasteiger partial charge in [0.25, 0.3) is 11.8 Å². The highest BCUT2D eigenvalue weighted by Crippen LogP contribution is 2.42.